The molecule has 2 saturated carbocycles. The molecule has 0 radical (unpaired) electrons. The van der Waals surface area contributed by atoms with Crippen molar-refractivity contribution in [1.82, 2.24) is 35.6 Å². The van der Waals surface area contributed by atoms with Crippen LogP contribution in [0.2, 0.25) is 0 Å². The van der Waals surface area contributed by atoms with E-state index < -0.39 is 12.1 Å². The smallest absolute Gasteiger partial charge is 0.245 e. The molecule has 2 aliphatic heterocycles. The fraction of sp³-hybridized carbons (Fsp3) is 0.719. The molecule has 2 heterocycles. The highest BCUT2D eigenvalue weighted by molar-refractivity contribution is 5.93. The molecule has 68 heavy (non-hydrogen) atoms. The lowest BCUT2D eigenvalue weighted by atomic mass is 9.80. The summed E-state index contributed by atoms with van der Waals surface area (Å²) in [5, 5.41) is 9.67. The van der Waals surface area contributed by atoms with Crippen molar-refractivity contribution in [3.63, 3.8) is 0 Å². The van der Waals surface area contributed by atoms with Crippen molar-refractivity contribution in [2.75, 3.05) is 46.4 Å². The maximum atomic E-state index is 14.8. The van der Waals surface area contributed by atoms with Gasteiger partial charge in [-0.15, -0.1) is 0 Å². The van der Waals surface area contributed by atoms with Gasteiger partial charge in [0.15, 0.2) is 5.78 Å². The number of amides is 3. The lowest BCUT2D eigenvalue weighted by Gasteiger charge is -2.39. The quantitative estimate of drug-likeness (QED) is 0.101. The first-order valence-corrected chi connectivity index (χ1v) is 27.6. The van der Waals surface area contributed by atoms with E-state index in [-0.39, 0.29) is 59.4 Å². The van der Waals surface area contributed by atoms with Crippen LogP contribution in [0.4, 0.5) is 0 Å². The van der Waals surface area contributed by atoms with Gasteiger partial charge in [-0.25, -0.2) is 0 Å². The molecule has 0 bridgehead atoms. The highest BCUT2D eigenvalue weighted by Crippen LogP contribution is 2.40. The number of unbranched alkanes of at least 4 members (excludes halogenated alkanes) is 1. The second-order valence-electron chi connectivity index (χ2n) is 22.0. The standard InChI is InChI=1S/C57H87N7O4/c1-5-40(2)55(66)59-52(44-22-8-6-9-23-44)54(65)51-29-19-36-63(51)39-62(50-33-31-43-21-13-15-28-48(43)50)35-17-16-34-61(49-32-30-42-20-12-14-27-47(42)49)38-46-26-18-37-64(46)57(68)53(45-24-10-7-11-25-45)60-56(67)41(3)58-4/h12-15,20-21,27-28,40-41,44-46,49-53,58H,5-11,16-19,22-26,29-39H2,1-4H3,(H,59,66)(H,60,67)/t40-,41+,46+,49?,50?,51?,52?,53?/m1/s1. The van der Waals surface area contributed by atoms with Crippen LogP contribution >= 0.6 is 0 Å². The number of benzene rings is 2. The van der Waals surface area contributed by atoms with E-state index in [2.05, 4.69) is 91.0 Å². The number of likely N-dealkylation sites (tertiary alicyclic amines) is 2. The van der Waals surface area contributed by atoms with Crippen LogP contribution in [0.3, 0.4) is 0 Å². The molecule has 2 saturated heterocycles. The Morgan fingerprint density at radius 3 is 1.82 bits per heavy atom. The number of carbonyl (C=O) groups is 4. The molecule has 2 aromatic carbocycles. The molecule has 3 amide bonds. The number of fused-ring (bicyclic) bond motifs is 2. The van der Waals surface area contributed by atoms with Gasteiger partial charge in [0.2, 0.25) is 17.7 Å². The Hall–Kier alpha value is -3.64. The van der Waals surface area contributed by atoms with E-state index in [1.54, 1.807) is 7.05 Å². The first kappa shape index (κ1) is 50.7. The monoisotopic (exact) mass is 934 g/mol. The first-order valence-electron chi connectivity index (χ1n) is 27.6. The Labute approximate surface area is 409 Å². The van der Waals surface area contributed by atoms with Crippen molar-refractivity contribution in [3.8, 4) is 0 Å². The Morgan fingerprint density at radius 1 is 0.647 bits per heavy atom. The maximum Gasteiger partial charge on any atom is 0.245 e. The molecule has 3 N–H and O–H groups in total. The van der Waals surface area contributed by atoms with Gasteiger partial charge in [-0.1, -0.05) is 101 Å². The van der Waals surface area contributed by atoms with Gasteiger partial charge in [-0.3, -0.25) is 33.9 Å². The van der Waals surface area contributed by atoms with Crippen molar-refractivity contribution in [3.05, 3.63) is 70.8 Å². The summed E-state index contributed by atoms with van der Waals surface area (Å²) in [5.41, 5.74) is 5.78. The van der Waals surface area contributed by atoms with E-state index in [1.807, 2.05) is 13.8 Å². The van der Waals surface area contributed by atoms with Gasteiger partial charge in [0.05, 0.1) is 24.8 Å². The van der Waals surface area contributed by atoms with Gasteiger partial charge >= 0.3 is 0 Å². The number of aryl methyl sites for hydroxylation is 2. The van der Waals surface area contributed by atoms with E-state index in [4.69, 9.17) is 0 Å². The zero-order valence-corrected chi connectivity index (χ0v) is 42.4. The molecule has 8 rings (SSSR count). The van der Waals surface area contributed by atoms with Gasteiger partial charge in [-0.2, -0.15) is 0 Å². The maximum absolute atomic E-state index is 14.8. The van der Waals surface area contributed by atoms with Crippen molar-refractivity contribution < 1.29 is 19.2 Å². The third-order valence-corrected chi connectivity index (χ3v) is 17.7. The highest BCUT2D eigenvalue weighted by atomic mass is 16.2. The van der Waals surface area contributed by atoms with Crippen LogP contribution in [0.15, 0.2) is 48.5 Å². The van der Waals surface area contributed by atoms with Crippen LogP contribution in [0.25, 0.3) is 0 Å². The van der Waals surface area contributed by atoms with Crippen LogP contribution in [-0.4, -0.2) is 120 Å². The van der Waals surface area contributed by atoms with E-state index in [9.17, 15) is 19.2 Å². The van der Waals surface area contributed by atoms with Gasteiger partial charge in [-0.05, 0) is 151 Å². The summed E-state index contributed by atoms with van der Waals surface area (Å²) in [6.45, 7) is 11.1. The normalized spacial score (nSPS) is 25.3. The van der Waals surface area contributed by atoms with Crippen LogP contribution < -0.4 is 16.0 Å². The van der Waals surface area contributed by atoms with E-state index in [0.717, 1.165) is 161 Å². The summed E-state index contributed by atoms with van der Waals surface area (Å²) < 4.78 is 0. The number of likely N-dealkylation sites (N-methyl/N-ethyl adjacent to an activating group) is 1. The van der Waals surface area contributed by atoms with Crippen LogP contribution in [0.5, 0.6) is 0 Å². The Bertz CT molecular complexity index is 1840. The van der Waals surface area contributed by atoms with Gasteiger partial charge < -0.3 is 20.9 Å². The zero-order valence-electron chi connectivity index (χ0n) is 42.4. The van der Waals surface area contributed by atoms with E-state index >= 15 is 0 Å². The minimum absolute atomic E-state index is 0.0273. The molecular weight excluding hydrogens is 847 g/mol. The number of carbonyl (C=O) groups excluding carboxylic acids is 4. The molecule has 2 aromatic rings. The van der Waals surface area contributed by atoms with Crippen LogP contribution in [0.1, 0.15) is 177 Å². The van der Waals surface area contributed by atoms with E-state index in [0.29, 0.717) is 12.1 Å². The molecule has 4 fully saturated rings. The largest absolute Gasteiger partial charge is 0.346 e. The third kappa shape index (κ3) is 12.1. The number of rotatable bonds is 22. The fourth-order valence-corrected chi connectivity index (χ4v) is 13.3. The van der Waals surface area contributed by atoms with Gasteiger partial charge in [0, 0.05) is 50.2 Å². The Morgan fingerprint density at radius 2 is 1.21 bits per heavy atom. The average Bonchev–Trinajstić information content (AvgIpc) is 4.22. The minimum atomic E-state index is -0.473. The fourth-order valence-electron chi connectivity index (χ4n) is 13.3. The van der Waals surface area contributed by atoms with Crippen LogP contribution in [0, 0.1) is 17.8 Å². The summed E-state index contributed by atoms with van der Waals surface area (Å²) >= 11 is 0. The van der Waals surface area contributed by atoms with Crippen molar-refractivity contribution >= 4 is 23.5 Å². The number of Topliss-reactive ketones (excluding diaryl/α,β-unsaturated/α-hetero) is 1. The summed E-state index contributed by atoms with van der Waals surface area (Å²) in [5.74, 6) is 0.602. The Balaban J connectivity index is 0.979. The molecule has 6 aliphatic rings. The number of nitrogens with one attached hydrogen (secondary N) is 3. The third-order valence-electron chi connectivity index (χ3n) is 17.7. The molecule has 8 atom stereocenters. The summed E-state index contributed by atoms with van der Waals surface area (Å²) in [4.78, 5) is 66.4. The van der Waals surface area contributed by atoms with Crippen LogP contribution in [-0.2, 0) is 32.0 Å². The van der Waals surface area contributed by atoms with Crippen molar-refractivity contribution in [2.45, 2.75) is 198 Å². The molecular formula is C57H87N7O4. The molecule has 5 unspecified atom stereocenters. The van der Waals surface area contributed by atoms with Gasteiger partial charge in [0.1, 0.15) is 6.04 Å². The lowest BCUT2D eigenvalue weighted by Crippen LogP contribution is -2.57. The first-order chi connectivity index (χ1) is 33.1. The highest BCUT2D eigenvalue weighted by Gasteiger charge is 2.43. The summed E-state index contributed by atoms with van der Waals surface area (Å²) in [6, 6.07) is 17.3. The summed E-state index contributed by atoms with van der Waals surface area (Å²) in [6.07, 6.45) is 22.0. The van der Waals surface area contributed by atoms with Crippen molar-refractivity contribution in [2.24, 2.45) is 17.8 Å². The Kier molecular flexibility index (Phi) is 18.3. The zero-order chi connectivity index (χ0) is 47.6. The molecule has 374 valence electrons. The minimum Gasteiger partial charge on any atom is -0.346 e. The van der Waals surface area contributed by atoms with Gasteiger partial charge in [0.25, 0.3) is 0 Å². The predicted molar refractivity (Wildman–Crippen MR) is 272 cm³/mol. The second-order valence-corrected chi connectivity index (χ2v) is 22.0. The average molecular weight is 934 g/mol. The lowest BCUT2D eigenvalue weighted by molar-refractivity contribution is -0.140. The number of hydrogen-bond donors (Lipinski definition) is 3. The van der Waals surface area contributed by atoms with E-state index in [1.165, 1.54) is 35.1 Å². The number of hydrogen-bond acceptors (Lipinski definition) is 8. The predicted octanol–water partition coefficient (Wildman–Crippen LogP) is 8.51. The van der Waals surface area contributed by atoms with Crippen molar-refractivity contribution in [1.29, 1.82) is 0 Å². The molecule has 11 nitrogen and oxygen atoms in total. The SMILES string of the molecule is CC[C@@H](C)C(=O)NC(C(=O)C1CCCN1CN(CCCCN(C[C@@H]1CCCN1C(=O)C(NC(=O)[C@H](C)NC)C1CCCCC1)C1CCc2ccccc21)C1CCc2ccccc21)C1CCCCC1. The molecule has 0 spiro atoms. The molecule has 4 aliphatic carbocycles. The topological polar surface area (TPSA) is 117 Å². The number of nitrogens with zero attached hydrogens (tertiary/aromatic N) is 4. The molecule has 0 aromatic heterocycles. The number of ketones is 1. The summed E-state index contributed by atoms with van der Waals surface area (Å²) in [7, 11) is 1.80. The molecule has 11 heteroatoms. The second kappa shape index (κ2) is 24.5.